The van der Waals surface area contributed by atoms with E-state index in [0.29, 0.717) is 42.5 Å². The molecule has 2 heterocycles. The van der Waals surface area contributed by atoms with Crippen molar-refractivity contribution in [2.75, 3.05) is 31.5 Å². The van der Waals surface area contributed by atoms with Crippen LogP contribution in [0.2, 0.25) is 10.0 Å². The number of sulfonamides is 1. The molecule has 180 valence electrons. The largest absolute Gasteiger partial charge is 0.384 e. The highest BCUT2D eigenvalue weighted by Gasteiger charge is 2.33. The minimum Gasteiger partial charge on any atom is -0.384 e. The molecule has 1 saturated heterocycles. The van der Waals surface area contributed by atoms with Crippen molar-refractivity contribution in [2.24, 2.45) is 5.92 Å². The van der Waals surface area contributed by atoms with Gasteiger partial charge in [0.1, 0.15) is 0 Å². The van der Waals surface area contributed by atoms with Gasteiger partial charge in [-0.2, -0.15) is 4.31 Å². The molecule has 1 amide bonds. The molecule has 0 aliphatic carbocycles. The molecule has 0 radical (unpaired) electrons. The number of anilines is 1. The Hall–Kier alpha value is -2.39. The molecule has 1 atom stereocenters. The molecular weight excluding hydrogens is 495 g/mol. The van der Waals surface area contributed by atoms with Gasteiger partial charge in [-0.05, 0) is 67.8 Å². The lowest BCUT2D eigenvalue weighted by Crippen LogP contribution is -2.45. The molecule has 0 bridgehead atoms. The first-order valence-electron chi connectivity index (χ1n) is 11.2. The lowest BCUT2D eigenvalue weighted by molar-refractivity contribution is -0.126. The van der Waals surface area contributed by atoms with Gasteiger partial charge in [-0.3, -0.25) is 9.78 Å². The van der Waals surface area contributed by atoms with Crippen LogP contribution in [0.4, 0.5) is 5.69 Å². The lowest BCUT2D eigenvalue weighted by atomic mass is 9.99. The maximum atomic E-state index is 12.9. The average molecular weight is 521 g/mol. The van der Waals surface area contributed by atoms with Gasteiger partial charge in [0.15, 0.2) is 0 Å². The van der Waals surface area contributed by atoms with Crippen LogP contribution in [-0.2, 0) is 14.8 Å². The first-order chi connectivity index (χ1) is 16.3. The molecule has 0 spiro atoms. The van der Waals surface area contributed by atoms with E-state index in [1.807, 2.05) is 24.3 Å². The van der Waals surface area contributed by atoms with Crippen LogP contribution in [0.3, 0.4) is 0 Å². The summed E-state index contributed by atoms with van der Waals surface area (Å²) in [6.07, 6.45) is 3.77. The first-order valence-corrected chi connectivity index (χ1v) is 13.4. The van der Waals surface area contributed by atoms with Crippen molar-refractivity contribution < 1.29 is 13.2 Å². The van der Waals surface area contributed by atoms with E-state index in [4.69, 9.17) is 23.2 Å². The highest BCUT2D eigenvalue weighted by Crippen LogP contribution is 2.26. The molecule has 2 aromatic carbocycles. The molecule has 7 nitrogen and oxygen atoms in total. The van der Waals surface area contributed by atoms with E-state index in [-0.39, 0.29) is 23.3 Å². The number of nitrogens with zero attached hydrogens (tertiary/aromatic N) is 2. The number of piperidine rings is 1. The number of halogens is 2. The van der Waals surface area contributed by atoms with Crippen LogP contribution in [0.5, 0.6) is 0 Å². The third-order valence-electron chi connectivity index (χ3n) is 5.88. The number of hydrogen-bond donors (Lipinski definition) is 2. The van der Waals surface area contributed by atoms with Crippen molar-refractivity contribution in [3.05, 3.63) is 64.8 Å². The Labute approximate surface area is 209 Å². The van der Waals surface area contributed by atoms with Gasteiger partial charge in [-0.1, -0.05) is 23.2 Å². The van der Waals surface area contributed by atoms with Crippen LogP contribution in [0.1, 0.15) is 19.3 Å². The quantitative estimate of drug-likeness (QED) is 0.424. The number of carbonyl (C=O) groups excluding carboxylic acids is 1. The van der Waals surface area contributed by atoms with Crippen LogP contribution < -0.4 is 10.6 Å². The zero-order valence-electron chi connectivity index (χ0n) is 18.5. The predicted octanol–water partition coefficient (Wildman–Crippen LogP) is 4.56. The third kappa shape index (κ3) is 5.81. The monoisotopic (exact) mass is 520 g/mol. The Morgan fingerprint density at radius 2 is 1.82 bits per heavy atom. The van der Waals surface area contributed by atoms with Crippen LogP contribution in [-0.4, -0.2) is 49.8 Å². The topological polar surface area (TPSA) is 91.4 Å². The molecule has 0 saturated carbocycles. The highest BCUT2D eigenvalue weighted by atomic mass is 35.5. The van der Waals surface area contributed by atoms with Crippen molar-refractivity contribution in [1.82, 2.24) is 14.6 Å². The predicted molar refractivity (Wildman–Crippen MR) is 136 cm³/mol. The number of carbonyl (C=O) groups is 1. The van der Waals surface area contributed by atoms with Crippen LogP contribution in [0.15, 0.2) is 59.6 Å². The maximum absolute atomic E-state index is 12.9. The third-order valence-corrected chi connectivity index (χ3v) is 8.25. The van der Waals surface area contributed by atoms with E-state index in [0.717, 1.165) is 23.0 Å². The van der Waals surface area contributed by atoms with Crippen molar-refractivity contribution in [1.29, 1.82) is 0 Å². The number of rotatable bonds is 8. The van der Waals surface area contributed by atoms with E-state index in [9.17, 15) is 13.2 Å². The van der Waals surface area contributed by atoms with Crippen molar-refractivity contribution >= 4 is 55.7 Å². The number of hydrogen-bond acceptors (Lipinski definition) is 5. The number of fused-ring (bicyclic) bond motifs is 1. The summed E-state index contributed by atoms with van der Waals surface area (Å²) in [6.45, 7) is 1.76. The number of nitrogens with one attached hydrogen (secondary N) is 2. The number of amides is 1. The smallest absolute Gasteiger partial charge is 0.243 e. The number of aromatic nitrogens is 1. The summed E-state index contributed by atoms with van der Waals surface area (Å²) >= 11 is 11.9. The second-order valence-electron chi connectivity index (χ2n) is 8.25. The Kier molecular flexibility index (Phi) is 7.93. The molecule has 1 aromatic heterocycles. The fraction of sp³-hybridized carbons (Fsp3) is 0.333. The first kappa shape index (κ1) is 24.7. The van der Waals surface area contributed by atoms with E-state index in [1.54, 1.807) is 18.3 Å². The van der Waals surface area contributed by atoms with E-state index in [2.05, 4.69) is 15.6 Å². The molecule has 3 aromatic rings. The van der Waals surface area contributed by atoms with Gasteiger partial charge in [0.25, 0.3) is 0 Å². The molecule has 1 fully saturated rings. The van der Waals surface area contributed by atoms with Gasteiger partial charge >= 0.3 is 0 Å². The molecule has 2 N–H and O–H groups in total. The van der Waals surface area contributed by atoms with Crippen LogP contribution in [0, 0.1) is 5.92 Å². The van der Waals surface area contributed by atoms with Gasteiger partial charge in [0.05, 0.1) is 16.3 Å². The van der Waals surface area contributed by atoms with Crippen molar-refractivity contribution in [3.63, 3.8) is 0 Å². The summed E-state index contributed by atoms with van der Waals surface area (Å²) in [4.78, 5) is 17.2. The fourth-order valence-electron chi connectivity index (χ4n) is 4.07. The molecule has 34 heavy (non-hydrogen) atoms. The summed E-state index contributed by atoms with van der Waals surface area (Å²) in [5.41, 5.74) is 1.78. The van der Waals surface area contributed by atoms with E-state index in [1.165, 1.54) is 16.4 Å². The maximum Gasteiger partial charge on any atom is 0.243 e. The molecular formula is C24H26Cl2N4O3S. The van der Waals surface area contributed by atoms with Crippen LogP contribution >= 0.6 is 23.2 Å². The van der Waals surface area contributed by atoms with Gasteiger partial charge in [-0.15, -0.1) is 0 Å². The molecule has 1 aliphatic heterocycles. The molecule has 1 aliphatic rings. The summed E-state index contributed by atoms with van der Waals surface area (Å²) in [7, 11) is -3.65. The van der Waals surface area contributed by atoms with Crippen molar-refractivity contribution in [3.8, 4) is 0 Å². The fourth-order valence-corrected chi connectivity index (χ4v) is 5.89. The summed E-state index contributed by atoms with van der Waals surface area (Å²) < 4.78 is 27.3. The molecule has 10 heteroatoms. The zero-order valence-corrected chi connectivity index (χ0v) is 20.8. The second-order valence-corrected chi connectivity index (χ2v) is 11.1. The standard InChI is InChI=1S/C24H26Cl2N4O3S/c25-18-4-7-20(8-5-18)34(32,33)30-14-1-3-17(16-30)24(31)29-12-2-11-27-22-10-13-28-23-15-19(26)6-9-21(22)23/h4-10,13,15,17H,1-3,11-12,14,16H2,(H,27,28)(H,29,31)/t17-/m0/s1. The summed E-state index contributed by atoms with van der Waals surface area (Å²) in [6, 6.07) is 13.6. The van der Waals surface area contributed by atoms with E-state index < -0.39 is 10.0 Å². The normalized spacial score (nSPS) is 16.9. The Bertz CT molecular complexity index is 1270. The minimum absolute atomic E-state index is 0.111. The highest BCUT2D eigenvalue weighted by molar-refractivity contribution is 7.89. The Morgan fingerprint density at radius 3 is 2.62 bits per heavy atom. The molecule has 0 unspecified atom stereocenters. The number of pyridine rings is 1. The molecule has 4 rings (SSSR count). The van der Waals surface area contributed by atoms with Crippen molar-refractivity contribution in [2.45, 2.75) is 24.2 Å². The Balaban J connectivity index is 1.26. The van der Waals surface area contributed by atoms with Gasteiger partial charge < -0.3 is 10.6 Å². The second kappa shape index (κ2) is 10.9. The Morgan fingerprint density at radius 1 is 1.06 bits per heavy atom. The number of benzene rings is 2. The van der Waals surface area contributed by atoms with Gasteiger partial charge in [-0.25, -0.2) is 8.42 Å². The average Bonchev–Trinajstić information content (AvgIpc) is 2.84. The SMILES string of the molecule is O=C(NCCCNc1ccnc2cc(Cl)ccc12)[C@H]1CCCN(S(=O)(=O)c2ccc(Cl)cc2)C1. The summed E-state index contributed by atoms with van der Waals surface area (Å²) in [5, 5.41) is 8.44. The minimum atomic E-state index is -3.65. The van der Waals surface area contributed by atoms with E-state index >= 15 is 0 Å². The summed E-state index contributed by atoms with van der Waals surface area (Å²) in [5.74, 6) is -0.474. The van der Waals surface area contributed by atoms with Crippen LogP contribution in [0.25, 0.3) is 10.9 Å². The van der Waals surface area contributed by atoms with Gasteiger partial charge in [0, 0.05) is 53.5 Å². The van der Waals surface area contributed by atoms with Gasteiger partial charge in [0.2, 0.25) is 15.9 Å². The zero-order chi connectivity index (χ0) is 24.1. The lowest BCUT2D eigenvalue weighted by Gasteiger charge is -2.31.